The molecule has 2 aromatic carbocycles. The predicted molar refractivity (Wildman–Crippen MR) is 131 cm³/mol. The maximum Gasteiger partial charge on any atom is 0.257 e. The summed E-state index contributed by atoms with van der Waals surface area (Å²) >= 11 is 0. The van der Waals surface area contributed by atoms with Crippen molar-refractivity contribution >= 4 is 11.8 Å². The van der Waals surface area contributed by atoms with Gasteiger partial charge in [-0.15, -0.1) is 0 Å². The molecule has 0 spiro atoms. The molecule has 1 N–H and O–H groups in total. The second-order valence-corrected chi connectivity index (χ2v) is 8.61. The summed E-state index contributed by atoms with van der Waals surface area (Å²) in [6.45, 7) is 5.27. The van der Waals surface area contributed by atoms with Crippen molar-refractivity contribution in [3.8, 4) is 11.5 Å². The highest BCUT2D eigenvalue weighted by atomic mass is 19.1. The van der Waals surface area contributed by atoms with Crippen LogP contribution in [0.5, 0.6) is 0 Å². The zero-order valence-electron chi connectivity index (χ0n) is 20.3. The molecule has 1 fully saturated rings. The monoisotopic (exact) mass is 495 g/mol. The smallest absolute Gasteiger partial charge is 0.257 e. The first-order chi connectivity index (χ1) is 17.5. The van der Waals surface area contributed by atoms with Gasteiger partial charge < -0.3 is 19.5 Å². The number of hydrogen-bond donors (Lipinski definition) is 1. The SMILES string of the molecule is CN(CCc1noc(-c2ccc(C(=O)NCCCN3CCOCC3)cc2)n1)C(=O)c1ccccc1F. The number of amides is 2. The molecule has 0 atom stereocenters. The predicted octanol–water partition coefficient (Wildman–Crippen LogP) is 2.64. The summed E-state index contributed by atoms with van der Waals surface area (Å²) in [6, 6.07) is 12.8. The number of hydrogen-bond acceptors (Lipinski definition) is 7. The molecule has 4 rings (SSSR count). The molecule has 2 heterocycles. The number of halogens is 1. The molecule has 0 saturated carbocycles. The lowest BCUT2D eigenvalue weighted by atomic mass is 10.1. The van der Waals surface area contributed by atoms with Crippen LogP contribution in [-0.2, 0) is 11.2 Å². The van der Waals surface area contributed by atoms with Crippen molar-refractivity contribution in [3.63, 3.8) is 0 Å². The lowest BCUT2D eigenvalue weighted by Gasteiger charge is -2.26. The number of likely N-dealkylation sites (N-methyl/N-ethyl adjacent to an activating group) is 1. The first-order valence-corrected chi connectivity index (χ1v) is 12.0. The van der Waals surface area contributed by atoms with Crippen LogP contribution in [0.4, 0.5) is 4.39 Å². The zero-order chi connectivity index (χ0) is 25.3. The number of carbonyl (C=O) groups is 2. The number of morpholine rings is 1. The molecule has 2 amide bonds. The fraction of sp³-hybridized carbons (Fsp3) is 0.385. The summed E-state index contributed by atoms with van der Waals surface area (Å²) in [5.41, 5.74) is 1.27. The average Bonchev–Trinajstić information content (AvgIpc) is 3.39. The molecular weight excluding hydrogens is 465 g/mol. The fourth-order valence-electron chi connectivity index (χ4n) is 3.88. The number of carbonyl (C=O) groups excluding carboxylic acids is 2. The Bertz CT molecular complexity index is 1160. The van der Waals surface area contributed by atoms with E-state index in [2.05, 4.69) is 20.4 Å². The van der Waals surface area contributed by atoms with Gasteiger partial charge in [-0.25, -0.2) is 4.39 Å². The van der Waals surface area contributed by atoms with Crippen molar-refractivity contribution in [1.29, 1.82) is 0 Å². The molecular formula is C26H30FN5O4. The Hall–Kier alpha value is -3.63. The van der Waals surface area contributed by atoms with Crippen LogP contribution < -0.4 is 5.32 Å². The molecule has 0 bridgehead atoms. The molecule has 1 aliphatic heterocycles. The van der Waals surface area contributed by atoms with Gasteiger partial charge in [0.05, 0.1) is 18.8 Å². The molecule has 1 saturated heterocycles. The highest BCUT2D eigenvalue weighted by molar-refractivity contribution is 5.95. The van der Waals surface area contributed by atoms with E-state index in [9.17, 15) is 14.0 Å². The van der Waals surface area contributed by atoms with Crippen LogP contribution in [0.1, 0.15) is 33.0 Å². The van der Waals surface area contributed by atoms with Crippen molar-refractivity contribution < 1.29 is 23.2 Å². The number of rotatable bonds is 10. The van der Waals surface area contributed by atoms with Gasteiger partial charge in [0.2, 0.25) is 0 Å². The van der Waals surface area contributed by atoms with E-state index in [0.717, 1.165) is 39.3 Å². The number of benzene rings is 2. The molecule has 190 valence electrons. The minimum absolute atomic E-state index is 0.0232. The largest absolute Gasteiger partial charge is 0.379 e. The van der Waals surface area contributed by atoms with E-state index in [1.165, 1.54) is 17.0 Å². The second-order valence-electron chi connectivity index (χ2n) is 8.61. The quantitative estimate of drug-likeness (QED) is 0.432. The molecule has 36 heavy (non-hydrogen) atoms. The number of aromatic nitrogens is 2. The van der Waals surface area contributed by atoms with Crippen LogP contribution in [0, 0.1) is 5.82 Å². The van der Waals surface area contributed by atoms with E-state index >= 15 is 0 Å². The Labute approximate surface area is 209 Å². The highest BCUT2D eigenvalue weighted by Crippen LogP contribution is 2.18. The number of ether oxygens (including phenoxy) is 1. The van der Waals surface area contributed by atoms with Gasteiger partial charge in [0.15, 0.2) is 5.82 Å². The maximum absolute atomic E-state index is 13.9. The minimum Gasteiger partial charge on any atom is -0.379 e. The summed E-state index contributed by atoms with van der Waals surface area (Å²) in [7, 11) is 1.60. The lowest BCUT2D eigenvalue weighted by molar-refractivity contribution is 0.0374. The van der Waals surface area contributed by atoms with E-state index < -0.39 is 11.7 Å². The summed E-state index contributed by atoms with van der Waals surface area (Å²) in [5, 5.41) is 6.92. The van der Waals surface area contributed by atoms with E-state index in [4.69, 9.17) is 9.26 Å². The van der Waals surface area contributed by atoms with Crippen LogP contribution in [0.2, 0.25) is 0 Å². The second kappa shape index (κ2) is 12.4. The highest BCUT2D eigenvalue weighted by Gasteiger charge is 2.17. The molecule has 0 radical (unpaired) electrons. The van der Waals surface area contributed by atoms with Gasteiger partial charge in [0.1, 0.15) is 5.82 Å². The number of nitrogens with one attached hydrogen (secondary N) is 1. The summed E-state index contributed by atoms with van der Waals surface area (Å²) in [5.74, 6) is -0.337. The third-order valence-corrected chi connectivity index (χ3v) is 6.02. The lowest BCUT2D eigenvalue weighted by Crippen LogP contribution is -2.38. The van der Waals surface area contributed by atoms with E-state index in [1.54, 1.807) is 43.4 Å². The van der Waals surface area contributed by atoms with E-state index in [0.29, 0.717) is 42.4 Å². The third kappa shape index (κ3) is 6.73. The summed E-state index contributed by atoms with van der Waals surface area (Å²) in [4.78, 5) is 33.0. The topological polar surface area (TPSA) is 101 Å². The Morgan fingerprint density at radius 1 is 1.11 bits per heavy atom. The Kier molecular flexibility index (Phi) is 8.75. The van der Waals surface area contributed by atoms with Gasteiger partial charge in [-0.3, -0.25) is 14.5 Å². The average molecular weight is 496 g/mol. The molecule has 9 nitrogen and oxygen atoms in total. The summed E-state index contributed by atoms with van der Waals surface area (Å²) < 4.78 is 24.6. The van der Waals surface area contributed by atoms with Crippen molar-refractivity contribution in [1.82, 2.24) is 25.3 Å². The number of nitrogens with zero attached hydrogens (tertiary/aromatic N) is 4. The van der Waals surface area contributed by atoms with Gasteiger partial charge >= 0.3 is 0 Å². The van der Waals surface area contributed by atoms with E-state index in [1.807, 2.05) is 0 Å². The Morgan fingerprint density at radius 2 is 1.86 bits per heavy atom. The summed E-state index contributed by atoms with van der Waals surface area (Å²) in [6.07, 6.45) is 1.24. The molecule has 3 aromatic rings. The fourth-order valence-corrected chi connectivity index (χ4v) is 3.88. The normalized spacial score (nSPS) is 13.9. The van der Waals surface area contributed by atoms with Crippen LogP contribution in [-0.4, -0.2) is 84.7 Å². The van der Waals surface area contributed by atoms with Gasteiger partial charge in [-0.2, -0.15) is 4.98 Å². The van der Waals surface area contributed by atoms with Gasteiger partial charge in [-0.1, -0.05) is 17.3 Å². The molecule has 0 unspecified atom stereocenters. The van der Waals surface area contributed by atoms with Crippen LogP contribution in [0.15, 0.2) is 53.1 Å². The standard InChI is InChI=1S/C26H30FN5O4/c1-31(26(34)21-5-2-3-6-22(21)27)14-11-23-29-25(36-30-23)20-9-7-19(8-10-20)24(33)28-12-4-13-32-15-17-35-18-16-32/h2-3,5-10H,4,11-18H2,1H3,(H,28,33). The zero-order valence-corrected chi connectivity index (χ0v) is 20.3. The van der Waals surface area contributed by atoms with Crippen molar-refractivity contribution in [2.75, 3.05) is 53.0 Å². The van der Waals surface area contributed by atoms with Crippen molar-refractivity contribution in [2.24, 2.45) is 0 Å². The van der Waals surface area contributed by atoms with Gasteiger partial charge in [0.25, 0.3) is 17.7 Å². The maximum atomic E-state index is 13.9. The van der Waals surface area contributed by atoms with Crippen molar-refractivity contribution in [2.45, 2.75) is 12.8 Å². The van der Waals surface area contributed by atoms with Gasteiger partial charge in [0, 0.05) is 50.8 Å². The Morgan fingerprint density at radius 3 is 2.61 bits per heavy atom. The van der Waals surface area contributed by atoms with E-state index in [-0.39, 0.29) is 11.5 Å². The first-order valence-electron chi connectivity index (χ1n) is 12.0. The third-order valence-electron chi connectivity index (χ3n) is 6.02. The van der Waals surface area contributed by atoms with Crippen LogP contribution in [0.3, 0.4) is 0 Å². The minimum atomic E-state index is -0.554. The van der Waals surface area contributed by atoms with Crippen molar-refractivity contribution in [3.05, 3.63) is 71.3 Å². The molecule has 10 heteroatoms. The molecule has 1 aliphatic rings. The first kappa shape index (κ1) is 25.5. The molecule has 1 aromatic heterocycles. The Balaban J connectivity index is 1.24. The molecule has 0 aliphatic carbocycles. The van der Waals surface area contributed by atoms with Crippen LogP contribution in [0.25, 0.3) is 11.5 Å². The van der Waals surface area contributed by atoms with Crippen LogP contribution >= 0.6 is 0 Å². The van der Waals surface area contributed by atoms with Gasteiger partial charge in [-0.05, 0) is 49.4 Å².